The van der Waals surface area contributed by atoms with Crippen LogP contribution in [0.1, 0.15) is 11.1 Å². The first-order valence-electron chi connectivity index (χ1n) is 6.09. The Morgan fingerprint density at radius 2 is 1.86 bits per heavy atom. The number of nitrogen functional groups attached to an aromatic ring is 1. The van der Waals surface area contributed by atoms with Crippen LogP contribution in [0.2, 0.25) is 0 Å². The van der Waals surface area contributed by atoms with E-state index in [0.29, 0.717) is 0 Å². The molecule has 0 amide bonds. The van der Waals surface area contributed by atoms with Crippen LogP contribution in [0, 0.1) is 12.7 Å². The summed E-state index contributed by atoms with van der Waals surface area (Å²) in [5, 5.41) is 0. The average Bonchev–Trinajstić information content (AvgIpc) is 2.42. The van der Waals surface area contributed by atoms with Gasteiger partial charge >= 0.3 is 0 Å². The number of aryl methyl sites for hydroxylation is 1. The highest BCUT2D eigenvalue weighted by Crippen LogP contribution is 2.21. The van der Waals surface area contributed by atoms with E-state index in [9.17, 15) is 12.8 Å². The van der Waals surface area contributed by atoms with Crippen molar-refractivity contribution in [2.45, 2.75) is 18.4 Å². The molecule has 7 heteroatoms. The van der Waals surface area contributed by atoms with E-state index >= 15 is 0 Å². The standard InChI is InChI=1S/C14H14BrFN2O2S/c1-9-6-12(17)7-13(14(9)16)21(19,20)18-8-10-2-4-11(15)5-3-10/h2-7,18H,8,17H2,1H3. The zero-order valence-corrected chi connectivity index (χ0v) is 13.6. The molecule has 0 bridgehead atoms. The molecule has 0 aliphatic rings. The summed E-state index contributed by atoms with van der Waals surface area (Å²) in [7, 11) is -3.96. The maximum atomic E-state index is 14.0. The van der Waals surface area contributed by atoms with Gasteiger partial charge < -0.3 is 5.73 Å². The predicted molar refractivity (Wildman–Crippen MR) is 83.7 cm³/mol. The van der Waals surface area contributed by atoms with Crippen LogP contribution in [0.15, 0.2) is 45.8 Å². The Hall–Kier alpha value is -1.44. The molecule has 0 unspecified atom stereocenters. The number of rotatable bonds is 4. The smallest absolute Gasteiger partial charge is 0.243 e. The fourth-order valence-electron chi connectivity index (χ4n) is 1.82. The quantitative estimate of drug-likeness (QED) is 0.810. The number of halogens is 2. The van der Waals surface area contributed by atoms with Crippen LogP contribution in [0.25, 0.3) is 0 Å². The molecule has 0 fully saturated rings. The number of sulfonamides is 1. The molecule has 0 radical (unpaired) electrons. The lowest BCUT2D eigenvalue weighted by Crippen LogP contribution is -2.24. The lowest BCUT2D eigenvalue weighted by atomic mass is 10.2. The molecule has 0 spiro atoms. The van der Waals surface area contributed by atoms with Gasteiger partial charge in [-0.25, -0.2) is 17.5 Å². The van der Waals surface area contributed by atoms with Crippen molar-refractivity contribution in [2.24, 2.45) is 0 Å². The first kappa shape index (κ1) is 15.9. The van der Waals surface area contributed by atoms with Crippen LogP contribution in [0.5, 0.6) is 0 Å². The van der Waals surface area contributed by atoms with Crippen LogP contribution in [-0.2, 0) is 16.6 Å². The zero-order valence-electron chi connectivity index (χ0n) is 11.2. The average molecular weight is 373 g/mol. The summed E-state index contributed by atoms with van der Waals surface area (Å²) in [5.41, 5.74) is 6.75. The van der Waals surface area contributed by atoms with Crippen LogP contribution in [0.3, 0.4) is 0 Å². The predicted octanol–water partition coefficient (Wildman–Crippen LogP) is 2.96. The molecule has 0 aromatic heterocycles. The highest BCUT2D eigenvalue weighted by molar-refractivity contribution is 9.10. The highest BCUT2D eigenvalue weighted by Gasteiger charge is 2.20. The zero-order chi connectivity index (χ0) is 15.6. The Balaban J connectivity index is 2.25. The van der Waals surface area contributed by atoms with E-state index in [0.717, 1.165) is 16.1 Å². The van der Waals surface area contributed by atoms with Crippen LogP contribution in [0.4, 0.5) is 10.1 Å². The van der Waals surface area contributed by atoms with Gasteiger partial charge in [0.15, 0.2) is 0 Å². The Morgan fingerprint density at radius 3 is 2.48 bits per heavy atom. The maximum absolute atomic E-state index is 14.0. The van der Waals surface area contributed by atoms with E-state index in [1.807, 2.05) is 0 Å². The van der Waals surface area contributed by atoms with E-state index in [-0.39, 0.29) is 17.8 Å². The summed E-state index contributed by atoms with van der Waals surface area (Å²) >= 11 is 3.30. The Bertz CT molecular complexity index is 761. The number of nitrogens with one attached hydrogen (secondary N) is 1. The van der Waals surface area contributed by atoms with E-state index in [1.54, 1.807) is 24.3 Å². The first-order chi connectivity index (χ1) is 9.79. The van der Waals surface area contributed by atoms with Crippen molar-refractivity contribution in [3.8, 4) is 0 Å². The molecule has 0 saturated carbocycles. The summed E-state index contributed by atoms with van der Waals surface area (Å²) in [6.07, 6.45) is 0. The summed E-state index contributed by atoms with van der Waals surface area (Å²) in [4.78, 5) is -0.433. The lowest BCUT2D eigenvalue weighted by molar-refractivity contribution is 0.553. The largest absolute Gasteiger partial charge is 0.399 e. The van der Waals surface area contributed by atoms with E-state index in [2.05, 4.69) is 20.7 Å². The van der Waals surface area contributed by atoms with Crippen LogP contribution >= 0.6 is 15.9 Å². The van der Waals surface area contributed by atoms with Gasteiger partial charge in [0.2, 0.25) is 10.0 Å². The topological polar surface area (TPSA) is 72.2 Å². The second-order valence-corrected chi connectivity index (χ2v) is 7.25. The van der Waals surface area contributed by atoms with Gasteiger partial charge in [0.1, 0.15) is 10.7 Å². The summed E-state index contributed by atoms with van der Waals surface area (Å²) in [6, 6.07) is 9.65. The minimum Gasteiger partial charge on any atom is -0.399 e. The third-order valence-electron chi connectivity index (χ3n) is 2.91. The van der Waals surface area contributed by atoms with Gasteiger partial charge in [0.05, 0.1) is 0 Å². The number of anilines is 1. The second-order valence-electron chi connectivity index (χ2n) is 4.60. The molecule has 112 valence electrons. The molecule has 2 rings (SSSR count). The lowest BCUT2D eigenvalue weighted by Gasteiger charge is -2.10. The fourth-order valence-corrected chi connectivity index (χ4v) is 3.28. The molecule has 2 aromatic rings. The van der Waals surface area contributed by atoms with Gasteiger partial charge in [-0.15, -0.1) is 0 Å². The van der Waals surface area contributed by atoms with Gasteiger partial charge in [-0.3, -0.25) is 0 Å². The number of nitrogens with two attached hydrogens (primary N) is 1. The van der Waals surface area contributed by atoms with Crippen molar-refractivity contribution in [1.29, 1.82) is 0 Å². The minimum atomic E-state index is -3.96. The van der Waals surface area contributed by atoms with Crippen molar-refractivity contribution in [2.75, 3.05) is 5.73 Å². The molecule has 0 aliphatic carbocycles. The molecule has 2 aromatic carbocycles. The normalized spacial score (nSPS) is 11.6. The Kier molecular flexibility index (Phi) is 4.65. The molecule has 3 N–H and O–H groups in total. The van der Waals surface area contributed by atoms with E-state index in [4.69, 9.17) is 5.73 Å². The molecule has 4 nitrogen and oxygen atoms in total. The molecule has 0 aliphatic heterocycles. The van der Waals surface area contributed by atoms with Gasteiger partial charge in [0, 0.05) is 16.7 Å². The Morgan fingerprint density at radius 1 is 1.24 bits per heavy atom. The maximum Gasteiger partial charge on any atom is 0.243 e. The summed E-state index contributed by atoms with van der Waals surface area (Å²) in [5.74, 6) is -0.785. The van der Waals surface area contributed by atoms with Gasteiger partial charge in [0.25, 0.3) is 0 Å². The second kappa shape index (κ2) is 6.13. The van der Waals surface area contributed by atoms with Crippen molar-refractivity contribution in [3.63, 3.8) is 0 Å². The molecule has 0 atom stereocenters. The number of hydrogen-bond donors (Lipinski definition) is 2. The van der Waals surface area contributed by atoms with Crippen molar-refractivity contribution in [1.82, 2.24) is 4.72 Å². The molecular weight excluding hydrogens is 359 g/mol. The van der Waals surface area contributed by atoms with Gasteiger partial charge in [-0.1, -0.05) is 28.1 Å². The van der Waals surface area contributed by atoms with Crippen molar-refractivity contribution < 1.29 is 12.8 Å². The third kappa shape index (κ3) is 3.81. The first-order valence-corrected chi connectivity index (χ1v) is 8.37. The molecular formula is C14H14BrFN2O2S. The van der Waals surface area contributed by atoms with Crippen molar-refractivity contribution in [3.05, 3.63) is 57.8 Å². The summed E-state index contributed by atoms with van der Waals surface area (Å²) in [6.45, 7) is 1.54. The number of benzene rings is 2. The van der Waals surface area contributed by atoms with Gasteiger partial charge in [-0.05, 0) is 42.3 Å². The fraction of sp³-hybridized carbons (Fsp3) is 0.143. The van der Waals surface area contributed by atoms with E-state index < -0.39 is 20.7 Å². The third-order valence-corrected chi connectivity index (χ3v) is 4.84. The van der Waals surface area contributed by atoms with Gasteiger partial charge in [-0.2, -0.15) is 0 Å². The van der Waals surface area contributed by atoms with E-state index in [1.165, 1.54) is 13.0 Å². The molecule has 0 saturated heterocycles. The Labute approximate surface area is 131 Å². The SMILES string of the molecule is Cc1cc(N)cc(S(=O)(=O)NCc2ccc(Br)cc2)c1F. The van der Waals surface area contributed by atoms with Crippen LogP contribution in [-0.4, -0.2) is 8.42 Å². The molecule has 0 heterocycles. The monoisotopic (exact) mass is 372 g/mol. The minimum absolute atomic E-state index is 0.0723. The van der Waals surface area contributed by atoms with Crippen LogP contribution < -0.4 is 10.5 Å². The highest BCUT2D eigenvalue weighted by atomic mass is 79.9. The van der Waals surface area contributed by atoms with Crippen molar-refractivity contribution >= 4 is 31.6 Å². The summed E-state index contributed by atoms with van der Waals surface area (Å²) < 4.78 is 41.6. The number of hydrogen-bond acceptors (Lipinski definition) is 3. The molecule has 21 heavy (non-hydrogen) atoms.